The number of nitrogens with one attached hydrogen (secondary N) is 1. The molecule has 1 aromatic heterocycles. The highest BCUT2D eigenvalue weighted by Gasteiger charge is 2.13. The maximum absolute atomic E-state index is 10.0. The Morgan fingerprint density at radius 3 is 2.37 bits per heavy atom. The van der Waals surface area contributed by atoms with Crippen molar-refractivity contribution in [3.63, 3.8) is 0 Å². The molecule has 2 aromatic rings. The second-order valence-corrected chi connectivity index (χ2v) is 6.72. The smallest absolute Gasteiger partial charge is 0.105 e. The highest BCUT2D eigenvalue weighted by atomic mass is 32.1. The zero-order chi connectivity index (χ0) is 13.9. The number of anilines is 1. The van der Waals surface area contributed by atoms with E-state index in [9.17, 15) is 5.11 Å². The number of thiophene rings is 1. The van der Waals surface area contributed by atoms with Crippen LogP contribution in [0.15, 0.2) is 41.8 Å². The number of hydrogen-bond donors (Lipinski definition) is 2. The number of rotatable bonds is 4. The minimum atomic E-state index is -0.442. The van der Waals surface area contributed by atoms with Crippen LogP contribution < -0.4 is 5.32 Å². The topological polar surface area (TPSA) is 32.3 Å². The fourth-order valence-corrected chi connectivity index (χ4v) is 2.60. The van der Waals surface area contributed by atoms with E-state index < -0.39 is 6.10 Å². The van der Waals surface area contributed by atoms with Crippen molar-refractivity contribution in [2.24, 2.45) is 0 Å². The molecule has 1 aromatic carbocycles. The predicted octanol–water partition coefficient (Wildman–Crippen LogP) is 4.19. The summed E-state index contributed by atoms with van der Waals surface area (Å²) in [6.07, 6.45) is -0.442. The molecule has 1 atom stereocenters. The fourth-order valence-electron chi connectivity index (χ4n) is 1.88. The lowest BCUT2D eigenvalue weighted by molar-refractivity contribution is 0.195. The maximum Gasteiger partial charge on any atom is 0.105 e. The summed E-state index contributed by atoms with van der Waals surface area (Å²) in [5.74, 6) is 0. The van der Waals surface area contributed by atoms with Gasteiger partial charge in [-0.05, 0) is 34.6 Å². The molecule has 2 N–H and O–H groups in total. The minimum Gasteiger partial charge on any atom is -0.386 e. The maximum atomic E-state index is 10.0. The van der Waals surface area contributed by atoms with Crippen LogP contribution >= 0.6 is 11.3 Å². The summed E-state index contributed by atoms with van der Waals surface area (Å²) >= 11 is 1.58. The lowest BCUT2D eigenvalue weighted by Crippen LogP contribution is -2.12. The molecule has 0 amide bonds. The van der Waals surface area contributed by atoms with Crippen molar-refractivity contribution in [1.29, 1.82) is 0 Å². The summed E-state index contributed by atoms with van der Waals surface area (Å²) < 4.78 is 0. The molecular weight excluding hydrogens is 254 g/mol. The molecule has 0 aliphatic rings. The monoisotopic (exact) mass is 275 g/mol. The third-order valence-electron chi connectivity index (χ3n) is 3.12. The third-order valence-corrected chi connectivity index (χ3v) is 4.10. The van der Waals surface area contributed by atoms with Crippen LogP contribution in [0.1, 0.15) is 37.3 Å². The van der Waals surface area contributed by atoms with Crippen LogP contribution in [-0.4, -0.2) is 11.7 Å². The van der Waals surface area contributed by atoms with Crippen molar-refractivity contribution in [3.05, 3.63) is 52.2 Å². The van der Waals surface area contributed by atoms with Gasteiger partial charge in [0.15, 0.2) is 0 Å². The van der Waals surface area contributed by atoms with Gasteiger partial charge in [-0.2, -0.15) is 0 Å². The van der Waals surface area contributed by atoms with Crippen LogP contribution in [0, 0.1) is 0 Å². The Labute approximate surface area is 119 Å². The first kappa shape index (κ1) is 14.1. The van der Waals surface area contributed by atoms with E-state index in [4.69, 9.17) is 0 Å². The van der Waals surface area contributed by atoms with Gasteiger partial charge < -0.3 is 10.4 Å². The largest absolute Gasteiger partial charge is 0.386 e. The van der Waals surface area contributed by atoms with Crippen molar-refractivity contribution >= 4 is 17.0 Å². The van der Waals surface area contributed by atoms with Crippen molar-refractivity contribution in [1.82, 2.24) is 0 Å². The fraction of sp³-hybridized carbons (Fsp3) is 0.375. The van der Waals surface area contributed by atoms with E-state index >= 15 is 0 Å². The number of aliphatic hydroxyl groups is 1. The van der Waals surface area contributed by atoms with E-state index in [-0.39, 0.29) is 5.41 Å². The van der Waals surface area contributed by atoms with Crippen molar-refractivity contribution in [2.75, 3.05) is 11.9 Å². The molecule has 1 unspecified atom stereocenters. The Balaban J connectivity index is 1.93. The van der Waals surface area contributed by atoms with Crippen LogP contribution in [0.2, 0.25) is 0 Å². The molecule has 1 heterocycles. The Morgan fingerprint density at radius 1 is 1.16 bits per heavy atom. The van der Waals surface area contributed by atoms with Crippen molar-refractivity contribution in [2.45, 2.75) is 32.3 Å². The first-order chi connectivity index (χ1) is 8.97. The standard InChI is InChI=1S/C16H21NOS/c1-16(2,3)12-6-8-13(9-7-12)17-11-14(18)15-5-4-10-19-15/h4-10,14,17-18H,11H2,1-3H3. The average Bonchev–Trinajstić information content (AvgIpc) is 2.89. The van der Waals surface area contributed by atoms with Gasteiger partial charge >= 0.3 is 0 Å². The molecule has 102 valence electrons. The molecule has 0 spiro atoms. The lowest BCUT2D eigenvalue weighted by Gasteiger charge is -2.19. The zero-order valence-electron chi connectivity index (χ0n) is 11.7. The Bertz CT molecular complexity index is 497. The van der Waals surface area contributed by atoms with Gasteiger partial charge in [0.2, 0.25) is 0 Å². The second-order valence-electron chi connectivity index (χ2n) is 5.74. The molecule has 0 radical (unpaired) electrons. The molecule has 3 heteroatoms. The molecule has 2 rings (SSSR count). The third kappa shape index (κ3) is 3.82. The quantitative estimate of drug-likeness (QED) is 0.877. The molecule has 0 saturated carbocycles. The van der Waals surface area contributed by atoms with Gasteiger partial charge in [-0.25, -0.2) is 0 Å². The van der Waals surface area contributed by atoms with Gasteiger partial charge in [-0.3, -0.25) is 0 Å². The van der Waals surface area contributed by atoms with E-state index in [0.717, 1.165) is 10.6 Å². The van der Waals surface area contributed by atoms with Crippen LogP contribution in [0.25, 0.3) is 0 Å². The van der Waals surface area contributed by atoms with Gasteiger partial charge in [0, 0.05) is 17.1 Å². The van der Waals surface area contributed by atoms with E-state index in [2.05, 4.69) is 50.4 Å². The summed E-state index contributed by atoms with van der Waals surface area (Å²) in [7, 11) is 0. The predicted molar refractivity (Wildman–Crippen MR) is 82.9 cm³/mol. The molecule has 0 aliphatic heterocycles. The Kier molecular flexibility index (Phi) is 4.27. The summed E-state index contributed by atoms with van der Waals surface area (Å²) in [5.41, 5.74) is 2.54. The molecule has 2 nitrogen and oxygen atoms in total. The molecular formula is C16H21NOS. The average molecular weight is 275 g/mol. The number of aliphatic hydroxyl groups excluding tert-OH is 1. The SMILES string of the molecule is CC(C)(C)c1ccc(NCC(O)c2cccs2)cc1. The Morgan fingerprint density at radius 2 is 1.84 bits per heavy atom. The van der Waals surface area contributed by atoms with Gasteiger partial charge in [-0.1, -0.05) is 39.0 Å². The highest BCUT2D eigenvalue weighted by Crippen LogP contribution is 2.24. The molecule has 0 bridgehead atoms. The molecule has 19 heavy (non-hydrogen) atoms. The zero-order valence-corrected chi connectivity index (χ0v) is 12.5. The summed E-state index contributed by atoms with van der Waals surface area (Å²) in [5, 5.41) is 15.3. The molecule has 0 saturated heterocycles. The normalized spacial score (nSPS) is 13.3. The summed E-state index contributed by atoms with van der Waals surface area (Å²) in [6, 6.07) is 12.3. The van der Waals surface area contributed by atoms with Crippen LogP contribution in [0.5, 0.6) is 0 Å². The first-order valence-electron chi connectivity index (χ1n) is 6.53. The molecule has 0 aliphatic carbocycles. The second kappa shape index (κ2) is 5.76. The number of benzene rings is 1. The van der Waals surface area contributed by atoms with Gasteiger partial charge in [0.1, 0.15) is 6.10 Å². The van der Waals surface area contributed by atoms with Crippen molar-refractivity contribution < 1.29 is 5.11 Å². The minimum absolute atomic E-state index is 0.176. The van der Waals surface area contributed by atoms with E-state index in [1.807, 2.05) is 17.5 Å². The van der Waals surface area contributed by atoms with Gasteiger partial charge in [0.05, 0.1) is 0 Å². The summed E-state index contributed by atoms with van der Waals surface area (Å²) in [4.78, 5) is 0.999. The lowest BCUT2D eigenvalue weighted by atomic mass is 9.87. The van der Waals surface area contributed by atoms with E-state index in [1.165, 1.54) is 5.56 Å². The summed E-state index contributed by atoms with van der Waals surface area (Å²) in [6.45, 7) is 7.15. The first-order valence-corrected chi connectivity index (χ1v) is 7.40. The Hall–Kier alpha value is -1.32. The van der Waals surface area contributed by atoms with Gasteiger partial charge in [-0.15, -0.1) is 11.3 Å². The van der Waals surface area contributed by atoms with Crippen molar-refractivity contribution in [3.8, 4) is 0 Å². The number of hydrogen-bond acceptors (Lipinski definition) is 3. The van der Waals surface area contributed by atoms with Crippen LogP contribution in [-0.2, 0) is 5.41 Å². The van der Waals surface area contributed by atoms with Gasteiger partial charge in [0.25, 0.3) is 0 Å². The molecule has 0 fully saturated rings. The highest BCUT2D eigenvalue weighted by molar-refractivity contribution is 7.10. The van der Waals surface area contributed by atoms with E-state index in [0.29, 0.717) is 6.54 Å². The van der Waals surface area contributed by atoms with Crippen LogP contribution in [0.3, 0.4) is 0 Å². The van der Waals surface area contributed by atoms with Crippen LogP contribution in [0.4, 0.5) is 5.69 Å². The van der Waals surface area contributed by atoms with E-state index in [1.54, 1.807) is 11.3 Å².